The number of rotatable bonds is 17. The Labute approximate surface area is 431 Å². The Hall–Kier alpha value is -5.68. The molecule has 17 nitrogen and oxygen atoms in total. The summed E-state index contributed by atoms with van der Waals surface area (Å²) in [5.41, 5.74) is 3.63. The molecule has 2 aliphatic heterocycles. The molecule has 4 heterocycles. The van der Waals surface area contributed by atoms with Crippen molar-refractivity contribution in [3.05, 3.63) is 93.7 Å². The molecule has 2 aromatic carbocycles. The van der Waals surface area contributed by atoms with Crippen LogP contribution in [0.1, 0.15) is 94.5 Å². The highest BCUT2D eigenvalue weighted by Gasteiger charge is 2.64. The standard InChI is InChI=1S/C53H68ClN9O8S/c1-32-44(72-31-57-32)34-12-10-33(11-13-34)40(29-64)58-47(68)41-24-37(65)28-63(41)48(69)45(51(2,3)4)59-43(66)30-70-23-22-61-18-9-19-62(21-20-61)42-17-15-36(27-56-42)46(67)60-49-52(5,6)50(53(49,7)8)71-38-16-14-35(26-55)39(54)25-38/h10-17,25,27,31,37,40-41,45,49-50,64-65H,9,18-24,28-30H2,1-8H3,(H,58,68)(H,59,66)(H,60,67)/t37-,40+,41+,45-,49?,50?/m1/s1. The first-order valence-corrected chi connectivity index (χ1v) is 25.8. The van der Waals surface area contributed by atoms with Gasteiger partial charge < -0.3 is 45.4 Å². The fourth-order valence-corrected chi connectivity index (χ4v) is 11.6. The van der Waals surface area contributed by atoms with E-state index in [1.54, 1.807) is 36.0 Å². The van der Waals surface area contributed by atoms with E-state index in [4.69, 9.17) is 21.1 Å². The van der Waals surface area contributed by atoms with Crippen molar-refractivity contribution in [3.8, 4) is 22.3 Å². The van der Waals surface area contributed by atoms with Gasteiger partial charge in [0, 0.05) is 68.3 Å². The predicted octanol–water partition coefficient (Wildman–Crippen LogP) is 5.52. The Morgan fingerprint density at radius 3 is 2.35 bits per heavy atom. The Kier molecular flexibility index (Phi) is 17.0. The number of nitriles is 1. The van der Waals surface area contributed by atoms with Gasteiger partial charge in [0.15, 0.2) is 0 Å². The van der Waals surface area contributed by atoms with Crippen LogP contribution < -0.4 is 25.6 Å². The normalized spacial score (nSPS) is 21.6. The highest BCUT2D eigenvalue weighted by molar-refractivity contribution is 7.13. The van der Waals surface area contributed by atoms with Crippen molar-refractivity contribution in [1.82, 2.24) is 35.7 Å². The number of amides is 4. The number of thiazole rings is 1. The first-order valence-electron chi connectivity index (χ1n) is 24.5. The number of pyridine rings is 1. The zero-order valence-corrected chi connectivity index (χ0v) is 44.0. The molecule has 0 radical (unpaired) electrons. The highest BCUT2D eigenvalue weighted by atomic mass is 35.5. The van der Waals surface area contributed by atoms with Gasteiger partial charge in [0.05, 0.1) is 57.6 Å². The van der Waals surface area contributed by atoms with Gasteiger partial charge in [-0.2, -0.15) is 5.26 Å². The van der Waals surface area contributed by atoms with Crippen LogP contribution in [0.25, 0.3) is 10.4 Å². The lowest BCUT2D eigenvalue weighted by atomic mass is 9.49. The van der Waals surface area contributed by atoms with Crippen LogP contribution in [0.3, 0.4) is 0 Å². The van der Waals surface area contributed by atoms with Crippen LogP contribution in [0.15, 0.2) is 66.3 Å². The maximum atomic E-state index is 14.2. The second-order valence-electron chi connectivity index (χ2n) is 21.3. The number of hydrogen-bond acceptors (Lipinski definition) is 14. The number of ether oxygens (including phenoxy) is 2. The van der Waals surface area contributed by atoms with E-state index >= 15 is 0 Å². The van der Waals surface area contributed by atoms with Crippen molar-refractivity contribution < 1.29 is 38.9 Å². The van der Waals surface area contributed by atoms with Crippen molar-refractivity contribution in [2.45, 2.75) is 105 Å². The number of benzene rings is 2. The minimum Gasteiger partial charge on any atom is -0.489 e. The monoisotopic (exact) mass is 1030 g/mol. The number of hydrogen-bond donors (Lipinski definition) is 5. The number of aliphatic hydroxyl groups excluding tert-OH is 2. The largest absolute Gasteiger partial charge is 0.489 e. The third kappa shape index (κ3) is 12.2. The van der Waals surface area contributed by atoms with Gasteiger partial charge in [-0.25, -0.2) is 9.97 Å². The number of likely N-dealkylation sites (tertiary alicyclic amines) is 1. The number of halogens is 1. The summed E-state index contributed by atoms with van der Waals surface area (Å²) in [6.45, 7) is 18.8. The Bertz CT molecular complexity index is 2600. The fraction of sp³-hybridized carbons (Fsp3) is 0.528. The van der Waals surface area contributed by atoms with E-state index in [9.17, 15) is 34.7 Å². The summed E-state index contributed by atoms with van der Waals surface area (Å²) < 4.78 is 12.2. The number of β-amino-alcohol motifs (C(OH)–C–C–N with tert-alkyl or cyclic N) is 1. The summed E-state index contributed by atoms with van der Waals surface area (Å²) in [7, 11) is 0. The molecule has 4 atom stereocenters. The Balaban J connectivity index is 0.850. The van der Waals surface area contributed by atoms with E-state index in [-0.39, 0.29) is 50.8 Å². The molecule has 5 N–H and O–H groups in total. The minimum atomic E-state index is -1.02. The molecule has 1 saturated carbocycles. The molecule has 386 valence electrons. The second kappa shape index (κ2) is 22.6. The molecule has 7 rings (SSSR count). The number of carbonyl (C=O) groups excluding carboxylic acids is 4. The van der Waals surface area contributed by atoms with Gasteiger partial charge in [-0.15, -0.1) is 11.3 Å². The number of nitrogens with one attached hydrogen (secondary N) is 3. The van der Waals surface area contributed by atoms with E-state index in [1.807, 2.05) is 58.0 Å². The van der Waals surface area contributed by atoms with Crippen LogP contribution in [0.2, 0.25) is 5.02 Å². The smallest absolute Gasteiger partial charge is 0.253 e. The van der Waals surface area contributed by atoms with Crippen LogP contribution in [0.4, 0.5) is 5.82 Å². The third-order valence-corrected chi connectivity index (χ3v) is 15.5. The molecule has 4 aromatic rings. The van der Waals surface area contributed by atoms with Crippen molar-refractivity contribution in [1.29, 1.82) is 5.26 Å². The number of aryl methyl sites for hydroxylation is 1. The lowest BCUT2D eigenvalue weighted by Crippen LogP contribution is -2.74. The van der Waals surface area contributed by atoms with Crippen molar-refractivity contribution in [2.24, 2.45) is 16.2 Å². The van der Waals surface area contributed by atoms with Crippen molar-refractivity contribution >= 4 is 52.4 Å². The zero-order valence-electron chi connectivity index (χ0n) is 42.4. The molecule has 1 aliphatic carbocycles. The van der Waals surface area contributed by atoms with E-state index in [1.165, 1.54) is 16.2 Å². The summed E-state index contributed by atoms with van der Waals surface area (Å²) in [6, 6.07) is 15.3. The minimum absolute atomic E-state index is 0.0141. The quantitative estimate of drug-likeness (QED) is 0.0824. The zero-order chi connectivity index (χ0) is 52.1. The van der Waals surface area contributed by atoms with E-state index in [0.717, 1.165) is 48.0 Å². The molecule has 72 heavy (non-hydrogen) atoms. The van der Waals surface area contributed by atoms with Crippen molar-refractivity contribution in [2.75, 3.05) is 64.0 Å². The lowest BCUT2D eigenvalue weighted by Gasteiger charge is -2.63. The van der Waals surface area contributed by atoms with Crippen LogP contribution in [-0.2, 0) is 19.1 Å². The van der Waals surface area contributed by atoms with Crippen LogP contribution in [0, 0.1) is 34.5 Å². The van der Waals surface area contributed by atoms with Gasteiger partial charge in [0.2, 0.25) is 17.7 Å². The summed E-state index contributed by atoms with van der Waals surface area (Å²) in [6.07, 6.45) is 1.32. The average molecular weight is 1030 g/mol. The number of nitrogens with zero attached hydrogens (tertiary/aromatic N) is 6. The molecule has 0 bridgehead atoms. The van der Waals surface area contributed by atoms with Gasteiger partial charge in [-0.1, -0.05) is 84.3 Å². The predicted molar refractivity (Wildman–Crippen MR) is 275 cm³/mol. The molecule has 0 spiro atoms. The highest BCUT2D eigenvalue weighted by Crippen LogP contribution is 2.55. The molecule has 0 unspecified atom stereocenters. The van der Waals surface area contributed by atoms with Gasteiger partial charge in [-0.05, 0) is 60.7 Å². The van der Waals surface area contributed by atoms with Crippen LogP contribution in [0.5, 0.6) is 5.75 Å². The molecule has 3 aliphatic rings. The molecule has 19 heteroatoms. The average Bonchev–Trinajstić information content (AvgIpc) is 3.88. The second-order valence-corrected chi connectivity index (χ2v) is 22.6. The maximum Gasteiger partial charge on any atom is 0.253 e. The molecule has 4 amide bonds. The van der Waals surface area contributed by atoms with Gasteiger partial charge in [-0.3, -0.25) is 24.1 Å². The SMILES string of the molecule is Cc1ncsc1-c1ccc([C@H](CO)NC(=O)[C@@H]2C[C@@H](O)CN2C(=O)[C@@H](NC(=O)COCCN2CCCN(c3ccc(C(=O)NC4C(C)(C)C(Oc5ccc(C#N)c(Cl)c5)C4(C)C)cn3)CC2)C(C)(C)C)cc1. The summed E-state index contributed by atoms with van der Waals surface area (Å²) in [4.78, 5) is 70.6. The summed E-state index contributed by atoms with van der Waals surface area (Å²) >= 11 is 7.79. The lowest BCUT2D eigenvalue weighted by molar-refractivity contribution is -0.164. The number of carbonyl (C=O) groups is 4. The molecule has 2 aromatic heterocycles. The topological polar surface area (TPSA) is 223 Å². The molecule has 3 fully saturated rings. The number of aromatic nitrogens is 2. The van der Waals surface area contributed by atoms with Gasteiger partial charge in [0.25, 0.3) is 5.91 Å². The maximum absolute atomic E-state index is 14.2. The first kappa shape index (κ1) is 54.1. The van der Waals surface area contributed by atoms with Gasteiger partial charge in [0.1, 0.15) is 42.4 Å². The molecular formula is C53H68ClN9O8S. The fourth-order valence-electron chi connectivity index (χ4n) is 10.6. The summed E-state index contributed by atoms with van der Waals surface area (Å²) in [5, 5.41) is 39.5. The van der Waals surface area contributed by atoms with E-state index in [0.29, 0.717) is 40.6 Å². The molecule has 2 saturated heterocycles. The van der Waals surface area contributed by atoms with E-state index < -0.39 is 58.2 Å². The van der Waals surface area contributed by atoms with Crippen LogP contribution >= 0.6 is 22.9 Å². The Morgan fingerprint density at radius 1 is 0.986 bits per heavy atom. The van der Waals surface area contributed by atoms with E-state index in [2.05, 4.69) is 69.5 Å². The Morgan fingerprint density at radius 2 is 1.72 bits per heavy atom. The number of anilines is 1. The first-order chi connectivity index (χ1) is 34.1. The van der Waals surface area contributed by atoms with Gasteiger partial charge >= 0.3 is 0 Å². The number of aliphatic hydroxyl groups is 2. The molecular weight excluding hydrogens is 958 g/mol. The van der Waals surface area contributed by atoms with Crippen LogP contribution in [-0.4, -0.2) is 143 Å². The van der Waals surface area contributed by atoms with Crippen molar-refractivity contribution in [3.63, 3.8) is 0 Å². The third-order valence-electron chi connectivity index (χ3n) is 14.2. The summed E-state index contributed by atoms with van der Waals surface area (Å²) in [5.74, 6) is -0.353.